The van der Waals surface area contributed by atoms with Gasteiger partial charge in [-0.3, -0.25) is 15.8 Å². The van der Waals surface area contributed by atoms with Crippen LogP contribution in [0.3, 0.4) is 0 Å². The van der Waals surface area contributed by atoms with Gasteiger partial charge in [-0.2, -0.15) is 5.10 Å². The molecule has 1 aromatic rings. The number of likely N-dealkylation sites (N-methyl/N-ethyl adjacent to an activating group) is 1. The van der Waals surface area contributed by atoms with Gasteiger partial charge in [-0.15, -0.1) is 5.06 Å². The summed E-state index contributed by atoms with van der Waals surface area (Å²) in [6.45, 7) is 4.44. The Bertz CT molecular complexity index is 1070. The minimum atomic E-state index is 0.180. The van der Waals surface area contributed by atoms with Crippen molar-refractivity contribution in [2.75, 3.05) is 38.1 Å². The quantitative estimate of drug-likeness (QED) is 0.436. The first-order valence-electron chi connectivity index (χ1n) is 12.9. The molecule has 4 aliphatic rings. The van der Waals surface area contributed by atoms with Gasteiger partial charge < -0.3 is 15.1 Å². The summed E-state index contributed by atoms with van der Waals surface area (Å²) in [7, 11) is 2.00. The van der Waals surface area contributed by atoms with E-state index in [4.69, 9.17) is 10.2 Å². The van der Waals surface area contributed by atoms with E-state index in [1.54, 1.807) is 6.92 Å². The van der Waals surface area contributed by atoms with Crippen LogP contribution >= 0.6 is 0 Å². The highest BCUT2D eigenvalue weighted by molar-refractivity contribution is 6.10. The number of hydrazone groups is 1. The van der Waals surface area contributed by atoms with Crippen molar-refractivity contribution in [3.63, 3.8) is 0 Å². The lowest BCUT2D eigenvalue weighted by atomic mass is 9.93. The zero-order valence-electron chi connectivity index (χ0n) is 20.9. The van der Waals surface area contributed by atoms with E-state index in [9.17, 15) is 5.41 Å². The van der Waals surface area contributed by atoms with Gasteiger partial charge in [0.05, 0.1) is 6.54 Å². The van der Waals surface area contributed by atoms with Crippen molar-refractivity contribution in [3.05, 3.63) is 46.7 Å². The van der Waals surface area contributed by atoms with Crippen LogP contribution < -0.4 is 10.2 Å². The normalized spacial score (nSPS) is 23.0. The Morgan fingerprint density at radius 2 is 2.00 bits per heavy atom. The van der Waals surface area contributed by atoms with E-state index in [-0.39, 0.29) is 5.90 Å². The average molecular weight is 476 g/mol. The lowest BCUT2D eigenvalue weighted by Gasteiger charge is -2.36. The summed E-state index contributed by atoms with van der Waals surface area (Å²) in [6, 6.07) is 7.06. The molecule has 3 N–H and O–H groups in total. The Morgan fingerprint density at radius 1 is 1.17 bits per heavy atom. The molecule has 8 heteroatoms. The van der Waals surface area contributed by atoms with Gasteiger partial charge in [0, 0.05) is 75.2 Å². The number of benzene rings is 1. The van der Waals surface area contributed by atoms with Crippen LogP contribution in [0.4, 0.5) is 5.69 Å². The summed E-state index contributed by atoms with van der Waals surface area (Å²) >= 11 is 0. The van der Waals surface area contributed by atoms with Gasteiger partial charge in [-0.1, -0.05) is 37.5 Å². The molecule has 0 radical (unpaired) electrons. The van der Waals surface area contributed by atoms with E-state index >= 15 is 0 Å². The first kappa shape index (κ1) is 23.6. The molecule has 186 valence electrons. The first-order valence-corrected chi connectivity index (χ1v) is 12.9. The molecule has 1 saturated carbocycles. The highest BCUT2D eigenvalue weighted by atomic mass is 16.7. The van der Waals surface area contributed by atoms with Crippen molar-refractivity contribution >= 4 is 29.7 Å². The number of hydrogen-bond donors (Lipinski definition) is 3. The zero-order chi connectivity index (χ0) is 24.4. The highest BCUT2D eigenvalue weighted by Gasteiger charge is 2.30. The van der Waals surface area contributed by atoms with E-state index in [0.717, 1.165) is 36.3 Å². The fourth-order valence-electron chi connectivity index (χ4n) is 5.59. The Labute approximate surface area is 208 Å². The number of nitrogens with one attached hydrogen (secondary N) is 3. The SMILES string of the molecule is CC(=N)ON1CCC(NC2CCCCC2)=C(C(=N)N2CC=Cc3cc(C4C=NN(C)C4)ccc32)C1. The molecule has 0 aromatic heterocycles. The third kappa shape index (κ3) is 5.27. The second-order valence-electron chi connectivity index (χ2n) is 10.1. The molecule has 0 bridgehead atoms. The number of anilines is 1. The van der Waals surface area contributed by atoms with Crippen LogP contribution in [0.1, 0.15) is 62.5 Å². The summed E-state index contributed by atoms with van der Waals surface area (Å²) in [6.07, 6.45) is 13.4. The van der Waals surface area contributed by atoms with Crippen molar-refractivity contribution in [1.82, 2.24) is 15.4 Å². The summed E-state index contributed by atoms with van der Waals surface area (Å²) in [5.74, 6) is 0.996. The van der Waals surface area contributed by atoms with Crippen LogP contribution in [0.5, 0.6) is 0 Å². The zero-order valence-corrected chi connectivity index (χ0v) is 20.9. The smallest absolute Gasteiger partial charge is 0.203 e. The molecule has 1 atom stereocenters. The van der Waals surface area contributed by atoms with Gasteiger partial charge in [0.1, 0.15) is 5.84 Å². The maximum atomic E-state index is 9.31. The number of hydrogen-bond acceptors (Lipinski definition) is 7. The Balaban J connectivity index is 1.41. The molecule has 5 rings (SSSR count). The van der Waals surface area contributed by atoms with E-state index in [2.05, 4.69) is 45.7 Å². The number of amidine groups is 1. The first-order chi connectivity index (χ1) is 17.0. The lowest BCUT2D eigenvalue weighted by Crippen LogP contribution is -2.44. The van der Waals surface area contributed by atoms with Crippen molar-refractivity contribution < 1.29 is 4.84 Å². The molecule has 3 heterocycles. The maximum absolute atomic E-state index is 9.31. The van der Waals surface area contributed by atoms with Gasteiger partial charge in [0.2, 0.25) is 5.90 Å². The standard InChI is InChI=1S/C27H37N7O/c1-19(28)35-33-14-12-25(31-23-8-4-3-5-9-23)24(18-33)27(29)34-13-6-7-21-15-20(10-11-26(21)34)22-16-30-32(2)17-22/h6-7,10-11,15-16,22-23,28-29,31H,3-5,8-9,12-14,17-18H2,1-2H3. The van der Waals surface area contributed by atoms with E-state index in [1.807, 2.05) is 23.3 Å². The largest absolute Gasteiger partial charge is 0.391 e. The molecule has 1 aromatic carbocycles. The summed E-state index contributed by atoms with van der Waals surface area (Å²) < 4.78 is 0. The maximum Gasteiger partial charge on any atom is 0.203 e. The second kappa shape index (κ2) is 10.2. The fraction of sp³-hybridized carbons (Fsp3) is 0.519. The molecule has 3 aliphatic heterocycles. The van der Waals surface area contributed by atoms with Gasteiger partial charge in [-0.05, 0) is 36.1 Å². The Morgan fingerprint density at radius 3 is 2.74 bits per heavy atom. The number of nitrogens with zero attached hydrogens (tertiary/aromatic N) is 4. The third-order valence-corrected chi connectivity index (χ3v) is 7.38. The summed E-state index contributed by atoms with van der Waals surface area (Å²) in [4.78, 5) is 7.76. The number of rotatable bonds is 5. The molecular weight excluding hydrogens is 438 g/mol. The van der Waals surface area contributed by atoms with Crippen LogP contribution in [0.25, 0.3) is 6.08 Å². The van der Waals surface area contributed by atoms with Gasteiger partial charge in [0.25, 0.3) is 0 Å². The Kier molecular flexibility index (Phi) is 6.90. The van der Waals surface area contributed by atoms with Crippen LogP contribution in [0.2, 0.25) is 0 Å². The van der Waals surface area contributed by atoms with Crippen LogP contribution in [0, 0.1) is 10.8 Å². The average Bonchev–Trinajstić information content (AvgIpc) is 3.30. The van der Waals surface area contributed by atoms with Gasteiger partial charge >= 0.3 is 0 Å². The van der Waals surface area contributed by atoms with Gasteiger partial charge in [-0.25, -0.2) is 0 Å². The summed E-state index contributed by atoms with van der Waals surface area (Å²) in [5.41, 5.74) is 5.60. The molecule has 1 aliphatic carbocycles. The molecule has 0 spiro atoms. The molecular formula is C27H37N7O. The Hall–Kier alpha value is -3.13. The molecule has 1 fully saturated rings. The predicted molar refractivity (Wildman–Crippen MR) is 142 cm³/mol. The molecule has 35 heavy (non-hydrogen) atoms. The highest BCUT2D eigenvalue weighted by Crippen LogP contribution is 2.33. The third-order valence-electron chi connectivity index (χ3n) is 7.38. The van der Waals surface area contributed by atoms with E-state index in [0.29, 0.717) is 30.9 Å². The van der Waals surface area contributed by atoms with Crippen molar-refractivity contribution in [2.45, 2.75) is 57.4 Å². The predicted octanol–water partition coefficient (Wildman–Crippen LogP) is 4.32. The van der Waals surface area contributed by atoms with Crippen LogP contribution in [-0.4, -0.2) is 67.3 Å². The summed E-state index contributed by atoms with van der Waals surface area (Å²) in [5, 5.41) is 29.1. The van der Waals surface area contributed by atoms with Crippen LogP contribution in [-0.2, 0) is 4.84 Å². The van der Waals surface area contributed by atoms with Crippen molar-refractivity contribution in [1.29, 1.82) is 10.8 Å². The molecule has 0 saturated heterocycles. The van der Waals surface area contributed by atoms with Crippen molar-refractivity contribution in [3.8, 4) is 0 Å². The topological polar surface area (TPSA) is 91.0 Å². The van der Waals surface area contributed by atoms with Crippen LogP contribution in [0.15, 0.2) is 40.6 Å². The minimum absolute atomic E-state index is 0.180. The minimum Gasteiger partial charge on any atom is -0.391 e. The monoisotopic (exact) mass is 475 g/mol. The molecule has 8 nitrogen and oxygen atoms in total. The second-order valence-corrected chi connectivity index (χ2v) is 10.1. The van der Waals surface area contributed by atoms with Gasteiger partial charge in [0.15, 0.2) is 0 Å². The van der Waals surface area contributed by atoms with E-state index in [1.165, 1.54) is 43.4 Å². The number of fused-ring (bicyclic) bond motifs is 1. The molecule has 1 unspecified atom stereocenters. The molecule has 0 amide bonds. The van der Waals surface area contributed by atoms with Crippen molar-refractivity contribution in [2.24, 2.45) is 5.10 Å². The fourth-order valence-corrected chi connectivity index (χ4v) is 5.59. The lowest BCUT2D eigenvalue weighted by molar-refractivity contribution is -0.0690. The number of hydroxylamine groups is 2. The van der Waals surface area contributed by atoms with E-state index < -0.39 is 0 Å².